The second-order valence-electron chi connectivity index (χ2n) is 4.36. The van der Waals surface area contributed by atoms with Crippen molar-refractivity contribution in [2.24, 2.45) is 0 Å². The number of hydrogen-bond donors (Lipinski definition) is 1. The lowest BCUT2D eigenvalue weighted by Crippen LogP contribution is -2.11. The first-order valence-electron chi connectivity index (χ1n) is 5.54. The molecule has 1 aromatic carbocycles. The maximum atomic E-state index is 12.6. The monoisotopic (exact) mass is 298 g/mol. The molecule has 0 aliphatic rings. The van der Waals surface area contributed by atoms with Crippen molar-refractivity contribution < 1.29 is 31.4 Å². The minimum Gasteiger partial charge on any atom is -0.392 e. The first-order chi connectivity index (χ1) is 8.96. The van der Waals surface area contributed by atoms with Crippen molar-refractivity contribution in [3.05, 3.63) is 40.5 Å². The summed E-state index contributed by atoms with van der Waals surface area (Å²) in [5.74, 6) is 0. The van der Waals surface area contributed by atoms with Crippen LogP contribution in [0.1, 0.15) is 30.5 Å². The quantitative estimate of drug-likeness (QED) is 0.796. The summed E-state index contributed by atoms with van der Waals surface area (Å²) in [6.07, 6.45) is -9.74. The topological polar surface area (TPSA) is 20.2 Å². The van der Waals surface area contributed by atoms with Crippen LogP contribution in [0.2, 0.25) is 0 Å². The van der Waals surface area contributed by atoms with E-state index in [1.165, 1.54) is 13.8 Å². The van der Waals surface area contributed by atoms with Gasteiger partial charge in [0.05, 0.1) is 17.7 Å². The van der Waals surface area contributed by atoms with E-state index in [0.29, 0.717) is 17.7 Å². The Morgan fingerprint density at radius 3 is 1.60 bits per heavy atom. The summed E-state index contributed by atoms with van der Waals surface area (Å²) in [6.45, 7) is 2.35. The first-order valence-corrected chi connectivity index (χ1v) is 5.54. The molecule has 0 aliphatic heterocycles. The largest absolute Gasteiger partial charge is 0.416 e. The fourth-order valence-corrected chi connectivity index (χ4v) is 1.54. The Labute approximate surface area is 111 Å². The highest BCUT2D eigenvalue weighted by atomic mass is 19.4. The number of benzene rings is 1. The van der Waals surface area contributed by atoms with Gasteiger partial charge in [-0.25, -0.2) is 0 Å². The third-order valence-corrected chi connectivity index (χ3v) is 2.90. The first kappa shape index (κ1) is 16.6. The average molecular weight is 298 g/mol. The molecule has 0 aromatic heterocycles. The maximum Gasteiger partial charge on any atom is 0.416 e. The zero-order chi connectivity index (χ0) is 15.7. The summed E-state index contributed by atoms with van der Waals surface area (Å²) in [5, 5.41) is 8.92. The van der Waals surface area contributed by atoms with Gasteiger partial charge in [0.1, 0.15) is 0 Å². The maximum absolute atomic E-state index is 12.6. The molecule has 0 spiro atoms. The molecule has 0 fully saturated rings. The average Bonchev–Trinajstić information content (AvgIpc) is 2.34. The molecule has 7 heteroatoms. The van der Waals surface area contributed by atoms with Crippen molar-refractivity contribution in [3.63, 3.8) is 0 Å². The lowest BCUT2D eigenvalue weighted by molar-refractivity contribution is -0.143. The van der Waals surface area contributed by atoms with Crippen LogP contribution in [0.25, 0.3) is 5.57 Å². The van der Waals surface area contributed by atoms with Crippen molar-refractivity contribution in [2.75, 3.05) is 6.61 Å². The molecule has 20 heavy (non-hydrogen) atoms. The molecule has 1 N–H and O–H groups in total. The van der Waals surface area contributed by atoms with Gasteiger partial charge in [0.25, 0.3) is 0 Å². The summed E-state index contributed by atoms with van der Waals surface area (Å²) in [6, 6.07) is 1.36. The van der Waals surface area contributed by atoms with Gasteiger partial charge in [0.2, 0.25) is 0 Å². The molecule has 1 rings (SSSR count). The number of rotatable bonds is 2. The normalized spacial score (nSPS) is 14.2. The highest BCUT2D eigenvalue weighted by Gasteiger charge is 2.37. The highest BCUT2D eigenvalue weighted by Crippen LogP contribution is 2.37. The van der Waals surface area contributed by atoms with Crippen LogP contribution in [0.5, 0.6) is 0 Å². The second kappa shape index (κ2) is 5.47. The number of halogens is 6. The predicted molar refractivity (Wildman–Crippen MR) is 61.8 cm³/mol. The molecule has 1 aromatic rings. The lowest BCUT2D eigenvalue weighted by Gasteiger charge is -2.15. The Morgan fingerprint density at radius 1 is 0.900 bits per heavy atom. The zero-order valence-corrected chi connectivity index (χ0v) is 10.7. The van der Waals surface area contributed by atoms with Crippen LogP contribution in [0.3, 0.4) is 0 Å². The molecule has 0 bridgehead atoms. The van der Waals surface area contributed by atoms with Crippen LogP contribution in [-0.4, -0.2) is 11.7 Å². The van der Waals surface area contributed by atoms with Gasteiger partial charge in [-0.05, 0) is 48.8 Å². The van der Waals surface area contributed by atoms with Crippen LogP contribution in [0.15, 0.2) is 23.8 Å². The van der Waals surface area contributed by atoms with Gasteiger partial charge in [-0.3, -0.25) is 0 Å². The summed E-state index contributed by atoms with van der Waals surface area (Å²) >= 11 is 0. The molecule has 0 heterocycles. The Balaban J connectivity index is 3.55. The summed E-state index contributed by atoms with van der Waals surface area (Å²) in [4.78, 5) is 0. The van der Waals surface area contributed by atoms with Crippen molar-refractivity contribution in [1.82, 2.24) is 0 Å². The SMILES string of the molecule is C/C(CO)=C(/C)c1cc(C(F)(F)F)cc(C(F)(F)F)c1. The number of aliphatic hydroxyl groups is 1. The molecule has 0 saturated heterocycles. The van der Waals surface area contributed by atoms with Crippen molar-refractivity contribution in [1.29, 1.82) is 0 Å². The third-order valence-electron chi connectivity index (χ3n) is 2.90. The Hall–Kier alpha value is -1.50. The van der Waals surface area contributed by atoms with Gasteiger partial charge < -0.3 is 5.11 Å². The van der Waals surface area contributed by atoms with Gasteiger partial charge in [-0.1, -0.05) is 0 Å². The molecule has 0 unspecified atom stereocenters. The van der Waals surface area contributed by atoms with E-state index in [1.807, 2.05) is 0 Å². The molecule has 1 nitrogen and oxygen atoms in total. The molecule has 0 amide bonds. The van der Waals surface area contributed by atoms with Crippen LogP contribution in [0.4, 0.5) is 26.3 Å². The van der Waals surface area contributed by atoms with E-state index in [1.54, 1.807) is 0 Å². The zero-order valence-electron chi connectivity index (χ0n) is 10.7. The van der Waals surface area contributed by atoms with Crippen molar-refractivity contribution >= 4 is 5.57 Å². The predicted octanol–water partition coefficient (Wildman–Crippen LogP) is 4.51. The van der Waals surface area contributed by atoms with E-state index in [9.17, 15) is 26.3 Å². The number of hydrogen-bond acceptors (Lipinski definition) is 1. The third kappa shape index (κ3) is 3.75. The summed E-state index contributed by atoms with van der Waals surface area (Å²) in [7, 11) is 0. The van der Waals surface area contributed by atoms with E-state index in [4.69, 9.17) is 5.11 Å². The van der Waals surface area contributed by atoms with Crippen LogP contribution < -0.4 is 0 Å². The Kier molecular flexibility index (Phi) is 4.53. The van der Waals surface area contributed by atoms with Crippen molar-refractivity contribution in [3.8, 4) is 0 Å². The van der Waals surface area contributed by atoms with Gasteiger partial charge in [0.15, 0.2) is 0 Å². The second-order valence-corrected chi connectivity index (χ2v) is 4.36. The highest BCUT2D eigenvalue weighted by molar-refractivity contribution is 5.68. The number of alkyl halides is 6. The summed E-state index contributed by atoms with van der Waals surface area (Å²) < 4.78 is 75.9. The van der Waals surface area contributed by atoms with Crippen molar-refractivity contribution in [2.45, 2.75) is 26.2 Å². The minimum atomic E-state index is -4.87. The molecule has 0 aliphatic carbocycles. The van der Waals surface area contributed by atoms with Crippen LogP contribution in [-0.2, 0) is 12.4 Å². The van der Waals surface area contributed by atoms with Crippen LogP contribution in [0, 0.1) is 0 Å². The Morgan fingerprint density at radius 2 is 1.30 bits per heavy atom. The molecule has 0 radical (unpaired) electrons. The fourth-order valence-electron chi connectivity index (χ4n) is 1.54. The molecule has 112 valence electrons. The number of aliphatic hydroxyl groups excluding tert-OH is 1. The lowest BCUT2D eigenvalue weighted by atomic mass is 9.97. The van der Waals surface area contributed by atoms with E-state index >= 15 is 0 Å². The van der Waals surface area contributed by atoms with Gasteiger partial charge in [-0.2, -0.15) is 26.3 Å². The van der Waals surface area contributed by atoms with E-state index in [2.05, 4.69) is 0 Å². The Bertz CT molecular complexity index is 492. The van der Waals surface area contributed by atoms with E-state index < -0.39 is 30.1 Å². The molecular weight excluding hydrogens is 286 g/mol. The smallest absolute Gasteiger partial charge is 0.392 e. The van der Waals surface area contributed by atoms with E-state index in [0.717, 1.165) is 0 Å². The molecule has 0 saturated carbocycles. The van der Waals surface area contributed by atoms with Crippen LogP contribution >= 0.6 is 0 Å². The summed E-state index contributed by atoms with van der Waals surface area (Å²) in [5.41, 5.74) is -2.46. The van der Waals surface area contributed by atoms with Gasteiger partial charge >= 0.3 is 12.4 Å². The molecule has 0 atom stereocenters. The molecular formula is C13H12F6O. The minimum absolute atomic E-state index is 0.0745. The van der Waals surface area contributed by atoms with E-state index in [-0.39, 0.29) is 17.2 Å². The van der Waals surface area contributed by atoms with Gasteiger partial charge in [0, 0.05) is 0 Å². The standard InChI is InChI=1S/C13H12F6O/c1-7(6-20)8(2)9-3-10(12(14,15)16)5-11(4-9)13(17,18)19/h3-5,20H,6H2,1-2H3/b8-7+. The number of allylic oxidation sites excluding steroid dienone is 1. The fraction of sp³-hybridized carbons (Fsp3) is 0.385. The van der Waals surface area contributed by atoms with Gasteiger partial charge in [-0.15, -0.1) is 0 Å².